The Hall–Kier alpha value is -3.55. The summed E-state index contributed by atoms with van der Waals surface area (Å²) in [6.07, 6.45) is 2.78. The van der Waals surface area contributed by atoms with E-state index in [0.717, 1.165) is 46.2 Å². The summed E-state index contributed by atoms with van der Waals surface area (Å²) in [6, 6.07) is 10.3. The van der Waals surface area contributed by atoms with E-state index in [2.05, 4.69) is 42.3 Å². The smallest absolute Gasteiger partial charge is 0.323 e. The van der Waals surface area contributed by atoms with E-state index in [1.54, 1.807) is 12.0 Å². The van der Waals surface area contributed by atoms with E-state index >= 15 is 0 Å². The minimum Gasteiger partial charge on any atom is -0.497 e. The fraction of sp³-hybridized carbons (Fsp3) is 0.348. The second-order valence-corrected chi connectivity index (χ2v) is 8.16. The molecule has 8 nitrogen and oxygen atoms in total. The van der Waals surface area contributed by atoms with Gasteiger partial charge in [0, 0.05) is 48.3 Å². The number of benzene rings is 1. The highest BCUT2D eigenvalue weighted by molar-refractivity contribution is 5.93. The molecule has 1 atom stereocenters. The molecule has 0 spiro atoms. The molecule has 2 aliphatic rings. The third-order valence-electron chi connectivity index (χ3n) is 5.99. The molecule has 160 valence electrons. The van der Waals surface area contributed by atoms with Crippen molar-refractivity contribution in [3.8, 4) is 11.4 Å². The van der Waals surface area contributed by atoms with Gasteiger partial charge in [0.05, 0.1) is 12.8 Å². The van der Waals surface area contributed by atoms with Crippen molar-refractivity contribution in [3.05, 3.63) is 53.3 Å². The molecule has 3 aromatic rings. The highest BCUT2D eigenvalue weighted by atomic mass is 16.5. The Labute approximate surface area is 181 Å². The molecule has 1 aromatic carbocycles. The number of ether oxygens (including phenoxy) is 1. The Kier molecular flexibility index (Phi) is 4.57. The zero-order chi connectivity index (χ0) is 21.7. The van der Waals surface area contributed by atoms with Gasteiger partial charge in [-0.3, -0.25) is 4.90 Å². The number of carbonyl (C=O) groups excluding carboxylic acids is 1. The zero-order valence-corrected chi connectivity index (χ0v) is 18.2. The second-order valence-electron chi connectivity index (χ2n) is 8.16. The lowest BCUT2D eigenvalue weighted by molar-refractivity contribution is 0.252. The van der Waals surface area contributed by atoms with Gasteiger partial charge in [-0.25, -0.2) is 14.5 Å². The Morgan fingerprint density at radius 1 is 1.16 bits per heavy atom. The molecule has 2 aliphatic heterocycles. The number of hydrogen-bond donors (Lipinski definition) is 1. The van der Waals surface area contributed by atoms with Crippen molar-refractivity contribution in [1.82, 2.24) is 20.1 Å². The number of urea groups is 1. The highest BCUT2D eigenvalue weighted by Gasteiger charge is 2.33. The zero-order valence-electron chi connectivity index (χ0n) is 18.2. The quantitative estimate of drug-likeness (QED) is 0.702. The van der Waals surface area contributed by atoms with E-state index < -0.39 is 0 Å². The minimum absolute atomic E-state index is 0.101. The maximum Gasteiger partial charge on any atom is 0.323 e. The third-order valence-corrected chi connectivity index (χ3v) is 5.99. The lowest BCUT2D eigenvalue weighted by atomic mass is 10.1. The molecule has 31 heavy (non-hydrogen) atoms. The Bertz CT molecular complexity index is 1170. The van der Waals surface area contributed by atoms with Crippen LogP contribution < -0.4 is 19.9 Å². The molecule has 1 unspecified atom stereocenters. The van der Waals surface area contributed by atoms with Crippen LogP contribution in [0.25, 0.3) is 5.69 Å². The van der Waals surface area contributed by atoms with Gasteiger partial charge in [-0.05, 0) is 57.0 Å². The largest absolute Gasteiger partial charge is 0.497 e. The molecular formula is C23H26N6O2. The van der Waals surface area contributed by atoms with E-state index in [-0.39, 0.29) is 12.1 Å². The van der Waals surface area contributed by atoms with Gasteiger partial charge in [-0.15, -0.1) is 5.10 Å². The molecule has 2 amide bonds. The van der Waals surface area contributed by atoms with Crippen LogP contribution in [0.1, 0.15) is 23.7 Å². The molecule has 0 saturated carbocycles. The number of rotatable bonds is 4. The predicted molar refractivity (Wildman–Crippen MR) is 120 cm³/mol. The van der Waals surface area contributed by atoms with Crippen LogP contribution in [0.2, 0.25) is 0 Å². The molecule has 1 fully saturated rings. The lowest BCUT2D eigenvalue weighted by Gasteiger charge is -2.26. The van der Waals surface area contributed by atoms with Crippen LogP contribution >= 0.6 is 0 Å². The van der Waals surface area contributed by atoms with E-state index in [1.807, 2.05) is 29.9 Å². The number of hydrogen-bond acceptors (Lipinski definition) is 5. The van der Waals surface area contributed by atoms with Crippen LogP contribution in [-0.2, 0) is 6.42 Å². The SMILES string of the molecule is COc1ccc(N2c3nc(C)cc(-n4ccc(N5CCNC5=O)n4)c3CC2C)c(C)c1. The van der Waals surface area contributed by atoms with Crippen molar-refractivity contribution < 1.29 is 9.53 Å². The van der Waals surface area contributed by atoms with Gasteiger partial charge in [0.25, 0.3) is 0 Å². The second kappa shape index (κ2) is 7.30. The van der Waals surface area contributed by atoms with E-state index in [1.165, 1.54) is 0 Å². The number of amides is 2. The molecule has 1 saturated heterocycles. The first-order valence-corrected chi connectivity index (χ1v) is 10.5. The summed E-state index contributed by atoms with van der Waals surface area (Å²) in [4.78, 5) is 20.9. The van der Waals surface area contributed by atoms with Gasteiger partial charge in [-0.2, -0.15) is 0 Å². The van der Waals surface area contributed by atoms with E-state index in [0.29, 0.717) is 18.9 Å². The van der Waals surface area contributed by atoms with Gasteiger partial charge in [0.15, 0.2) is 5.82 Å². The number of aryl methyl sites for hydroxylation is 2. The Morgan fingerprint density at radius 3 is 2.71 bits per heavy atom. The first-order chi connectivity index (χ1) is 15.0. The normalized spacial score (nSPS) is 17.8. The predicted octanol–water partition coefficient (Wildman–Crippen LogP) is 3.51. The molecule has 0 aliphatic carbocycles. The third kappa shape index (κ3) is 3.19. The fourth-order valence-electron chi connectivity index (χ4n) is 4.52. The topological polar surface area (TPSA) is 75.5 Å². The standard InChI is InChI=1S/C23H26N6O2/c1-14-11-17(31-4)5-6-19(14)29-16(3)13-18-20(12-15(2)25-22(18)29)28-9-7-21(26-28)27-10-8-24-23(27)30/h5-7,9,11-12,16H,8,10,13H2,1-4H3,(H,24,30). The van der Waals surface area contributed by atoms with Gasteiger partial charge in [0.1, 0.15) is 11.6 Å². The van der Waals surface area contributed by atoms with Crippen LogP contribution in [-0.4, -0.2) is 47.0 Å². The summed E-state index contributed by atoms with van der Waals surface area (Å²) in [7, 11) is 1.68. The Morgan fingerprint density at radius 2 is 2.00 bits per heavy atom. The van der Waals surface area contributed by atoms with Gasteiger partial charge < -0.3 is 15.0 Å². The molecular weight excluding hydrogens is 392 g/mol. The minimum atomic E-state index is -0.101. The average molecular weight is 419 g/mol. The van der Waals surface area contributed by atoms with Crippen molar-refractivity contribution in [3.63, 3.8) is 0 Å². The van der Waals surface area contributed by atoms with E-state index in [4.69, 9.17) is 14.8 Å². The van der Waals surface area contributed by atoms with Gasteiger partial charge >= 0.3 is 6.03 Å². The van der Waals surface area contributed by atoms with Gasteiger partial charge in [0.2, 0.25) is 0 Å². The number of carbonyl (C=O) groups is 1. The monoisotopic (exact) mass is 418 g/mol. The van der Waals surface area contributed by atoms with Gasteiger partial charge in [-0.1, -0.05) is 0 Å². The lowest BCUT2D eigenvalue weighted by Crippen LogP contribution is -2.28. The van der Waals surface area contributed by atoms with Crippen LogP contribution in [0.4, 0.5) is 22.1 Å². The highest BCUT2D eigenvalue weighted by Crippen LogP contribution is 2.41. The van der Waals surface area contributed by atoms with E-state index in [9.17, 15) is 4.79 Å². The van der Waals surface area contributed by atoms with Crippen LogP contribution in [0, 0.1) is 13.8 Å². The molecule has 4 heterocycles. The number of methoxy groups -OCH3 is 1. The fourth-order valence-corrected chi connectivity index (χ4v) is 4.52. The number of pyridine rings is 1. The van der Waals surface area contributed by atoms with Crippen molar-refractivity contribution in [2.75, 3.05) is 30.0 Å². The maximum absolute atomic E-state index is 12.0. The number of aromatic nitrogens is 3. The summed E-state index contributed by atoms with van der Waals surface area (Å²) in [5.74, 6) is 2.47. The maximum atomic E-state index is 12.0. The Balaban J connectivity index is 1.57. The van der Waals surface area contributed by atoms with Crippen LogP contribution in [0.3, 0.4) is 0 Å². The number of nitrogens with one attached hydrogen (secondary N) is 1. The molecule has 2 aromatic heterocycles. The first-order valence-electron chi connectivity index (χ1n) is 10.5. The molecule has 0 radical (unpaired) electrons. The van der Waals surface area contributed by atoms with Crippen molar-refractivity contribution in [2.45, 2.75) is 33.2 Å². The number of anilines is 3. The van der Waals surface area contributed by atoms with Crippen LogP contribution in [0.5, 0.6) is 5.75 Å². The number of nitrogens with zero attached hydrogens (tertiary/aromatic N) is 5. The van der Waals surface area contributed by atoms with Crippen molar-refractivity contribution in [2.24, 2.45) is 0 Å². The van der Waals surface area contributed by atoms with Crippen molar-refractivity contribution >= 4 is 23.4 Å². The molecule has 5 rings (SSSR count). The average Bonchev–Trinajstić information content (AvgIpc) is 3.46. The summed E-state index contributed by atoms with van der Waals surface area (Å²) in [5, 5.41) is 7.54. The summed E-state index contributed by atoms with van der Waals surface area (Å²) in [5.41, 5.74) is 5.37. The summed E-state index contributed by atoms with van der Waals surface area (Å²) >= 11 is 0. The number of fused-ring (bicyclic) bond motifs is 1. The molecule has 1 N–H and O–H groups in total. The van der Waals surface area contributed by atoms with Crippen LogP contribution in [0.15, 0.2) is 36.5 Å². The molecule has 0 bridgehead atoms. The molecule has 8 heteroatoms. The summed E-state index contributed by atoms with van der Waals surface area (Å²) < 4.78 is 7.25. The first kappa shape index (κ1) is 19.4. The van der Waals surface area contributed by atoms with Crippen molar-refractivity contribution in [1.29, 1.82) is 0 Å². The summed E-state index contributed by atoms with van der Waals surface area (Å²) in [6.45, 7) is 7.59.